The number of benzene rings is 11. The number of fused-ring (bicyclic) bond motifs is 7. The predicted molar refractivity (Wildman–Crippen MR) is 307 cm³/mol. The van der Waals surface area contributed by atoms with Crippen LogP contribution in [-0.4, -0.2) is 24.1 Å². The maximum atomic E-state index is 5.44. The van der Waals surface area contributed by atoms with Gasteiger partial charge in [0, 0.05) is 38.2 Å². The largest absolute Gasteiger partial charge is 0.307 e. The van der Waals surface area contributed by atoms with Crippen molar-refractivity contribution in [3.05, 3.63) is 273 Å². The van der Waals surface area contributed by atoms with Crippen LogP contribution in [0.1, 0.15) is 0 Å². The van der Waals surface area contributed by atoms with E-state index in [1.165, 1.54) is 33.2 Å². The van der Waals surface area contributed by atoms with Crippen LogP contribution in [0.5, 0.6) is 0 Å². The second-order valence-electron chi connectivity index (χ2n) is 18.8. The van der Waals surface area contributed by atoms with Gasteiger partial charge in [0.1, 0.15) is 0 Å². The Balaban J connectivity index is 0.946. The highest BCUT2D eigenvalue weighted by Gasteiger charge is 2.24. The SMILES string of the molecule is c1ccc(-c2cccc(-c3cccc(-c4ccc(-c5ccccc5-n5c6ccccc6c6ccc7c8ccccc8n(-c8nc(-c9ccccc9)nc(-c9cccc(-c%10ccccc%10)c9)n8)c7c65)cc4)c3)c2)cc1. The molecular weight excluding hydrogens is 899 g/mol. The Kier molecular flexibility index (Phi) is 10.4. The Bertz CT molecular complexity index is 4400. The molecule has 0 saturated carbocycles. The first-order valence-electron chi connectivity index (χ1n) is 25.1. The maximum Gasteiger partial charge on any atom is 0.238 e. The number of aromatic nitrogens is 5. The first-order valence-corrected chi connectivity index (χ1v) is 25.1. The molecule has 0 aliphatic heterocycles. The van der Waals surface area contributed by atoms with Crippen molar-refractivity contribution >= 4 is 43.6 Å². The normalized spacial score (nSPS) is 11.5. The highest BCUT2D eigenvalue weighted by atomic mass is 15.2. The van der Waals surface area contributed by atoms with E-state index in [9.17, 15) is 0 Å². The molecule has 3 heterocycles. The molecule has 3 aromatic heterocycles. The van der Waals surface area contributed by atoms with Gasteiger partial charge in [0.15, 0.2) is 11.6 Å². The van der Waals surface area contributed by atoms with E-state index in [0.29, 0.717) is 17.6 Å². The highest BCUT2D eigenvalue weighted by molar-refractivity contribution is 6.24. The third-order valence-electron chi connectivity index (χ3n) is 14.4. The molecule has 0 N–H and O–H groups in total. The summed E-state index contributed by atoms with van der Waals surface area (Å²) in [4.78, 5) is 16.0. The van der Waals surface area contributed by atoms with Crippen molar-refractivity contribution in [2.45, 2.75) is 0 Å². The van der Waals surface area contributed by atoms with Gasteiger partial charge >= 0.3 is 0 Å². The van der Waals surface area contributed by atoms with Crippen molar-refractivity contribution in [3.63, 3.8) is 0 Å². The Morgan fingerprint density at radius 3 is 1.18 bits per heavy atom. The van der Waals surface area contributed by atoms with E-state index in [1.807, 2.05) is 24.3 Å². The van der Waals surface area contributed by atoms with Gasteiger partial charge in [-0.2, -0.15) is 9.97 Å². The zero-order chi connectivity index (χ0) is 49.0. The molecule has 11 aromatic carbocycles. The average Bonchev–Trinajstić information content (AvgIpc) is 4.02. The van der Waals surface area contributed by atoms with E-state index in [2.05, 4.69) is 258 Å². The Labute approximate surface area is 428 Å². The molecule has 5 nitrogen and oxygen atoms in total. The fourth-order valence-electron chi connectivity index (χ4n) is 10.9. The highest BCUT2D eigenvalue weighted by Crippen LogP contribution is 2.43. The summed E-state index contributed by atoms with van der Waals surface area (Å²) in [6.07, 6.45) is 0. The zero-order valence-corrected chi connectivity index (χ0v) is 40.2. The first-order chi connectivity index (χ1) is 36.7. The summed E-state index contributed by atoms with van der Waals surface area (Å²) in [5, 5.41) is 4.54. The van der Waals surface area contributed by atoms with Crippen LogP contribution in [0, 0.1) is 0 Å². The van der Waals surface area contributed by atoms with Crippen LogP contribution >= 0.6 is 0 Å². The van der Waals surface area contributed by atoms with E-state index in [-0.39, 0.29) is 0 Å². The molecule has 346 valence electrons. The molecule has 74 heavy (non-hydrogen) atoms. The molecule has 5 heteroatoms. The minimum Gasteiger partial charge on any atom is -0.307 e. The van der Waals surface area contributed by atoms with E-state index in [1.54, 1.807) is 0 Å². The van der Waals surface area contributed by atoms with E-state index in [4.69, 9.17) is 15.0 Å². The summed E-state index contributed by atoms with van der Waals surface area (Å²) in [7, 11) is 0. The van der Waals surface area contributed by atoms with Gasteiger partial charge in [-0.05, 0) is 86.5 Å². The van der Waals surface area contributed by atoms with Crippen LogP contribution in [-0.2, 0) is 0 Å². The summed E-state index contributed by atoms with van der Waals surface area (Å²) in [5.41, 5.74) is 18.7. The molecule has 0 amide bonds. The fraction of sp³-hybridized carbons (Fsp3) is 0. The Morgan fingerprint density at radius 2 is 0.608 bits per heavy atom. The smallest absolute Gasteiger partial charge is 0.238 e. The second-order valence-corrected chi connectivity index (χ2v) is 18.8. The van der Waals surface area contributed by atoms with Gasteiger partial charge in [-0.25, -0.2) is 4.98 Å². The summed E-state index contributed by atoms with van der Waals surface area (Å²) in [5.74, 6) is 1.75. The Hall–Kier alpha value is -9.97. The van der Waals surface area contributed by atoms with Crippen LogP contribution in [0.25, 0.3) is 134 Å². The fourth-order valence-corrected chi connectivity index (χ4v) is 10.9. The zero-order valence-electron chi connectivity index (χ0n) is 40.2. The molecule has 0 aliphatic carbocycles. The monoisotopic (exact) mass is 943 g/mol. The molecule has 14 aromatic rings. The van der Waals surface area contributed by atoms with Crippen molar-refractivity contribution in [3.8, 4) is 90.0 Å². The van der Waals surface area contributed by atoms with Crippen molar-refractivity contribution in [1.82, 2.24) is 24.1 Å². The van der Waals surface area contributed by atoms with Crippen molar-refractivity contribution in [2.24, 2.45) is 0 Å². The number of hydrogen-bond acceptors (Lipinski definition) is 3. The quantitative estimate of drug-likeness (QED) is 0.145. The lowest BCUT2D eigenvalue weighted by atomic mass is 9.95. The second kappa shape index (κ2) is 18.0. The molecular formula is C69H45N5. The molecule has 0 atom stereocenters. The molecule has 0 spiro atoms. The molecule has 14 rings (SSSR count). The lowest BCUT2D eigenvalue weighted by molar-refractivity contribution is 0.953. The van der Waals surface area contributed by atoms with Gasteiger partial charge in [0.05, 0.1) is 27.8 Å². The van der Waals surface area contributed by atoms with Crippen molar-refractivity contribution in [2.75, 3.05) is 0 Å². The molecule has 0 fully saturated rings. The van der Waals surface area contributed by atoms with E-state index >= 15 is 0 Å². The number of rotatable bonds is 9. The molecule has 0 aliphatic rings. The van der Waals surface area contributed by atoms with Gasteiger partial charge in [0.2, 0.25) is 5.95 Å². The summed E-state index contributed by atoms with van der Waals surface area (Å²) in [6.45, 7) is 0. The lowest BCUT2D eigenvalue weighted by Crippen LogP contribution is -2.07. The number of nitrogens with zero attached hydrogens (tertiary/aromatic N) is 5. The van der Waals surface area contributed by atoms with Gasteiger partial charge in [-0.15, -0.1) is 0 Å². The topological polar surface area (TPSA) is 48.5 Å². The van der Waals surface area contributed by atoms with Crippen LogP contribution in [0.4, 0.5) is 0 Å². The molecule has 0 bridgehead atoms. The van der Waals surface area contributed by atoms with Crippen LogP contribution in [0.3, 0.4) is 0 Å². The first kappa shape index (κ1) is 42.9. The van der Waals surface area contributed by atoms with Crippen LogP contribution < -0.4 is 0 Å². The minimum atomic E-state index is 0.548. The molecule has 0 saturated heterocycles. The third kappa shape index (κ3) is 7.46. The van der Waals surface area contributed by atoms with Gasteiger partial charge in [0.25, 0.3) is 0 Å². The van der Waals surface area contributed by atoms with Crippen molar-refractivity contribution in [1.29, 1.82) is 0 Å². The van der Waals surface area contributed by atoms with E-state index < -0.39 is 0 Å². The van der Waals surface area contributed by atoms with Gasteiger partial charge in [-0.3, -0.25) is 4.57 Å². The number of para-hydroxylation sites is 3. The third-order valence-corrected chi connectivity index (χ3v) is 14.4. The van der Waals surface area contributed by atoms with Gasteiger partial charge in [-0.1, -0.05) is 237 Å². The minimum absolute atomic E-state index is 0.548. The summed E-state index contributed by atoms with van der Waals surface area (Å²) in [6, 6.07) is 97.2. The number of hydrogen-bond donors (Lipinski definition) is 0. The standard InChI is InChI=1S/C69H45N5/c1-4-19-46(20-5-1)51-25-16-28-54(43-51)55-29-17-26-52(44-55)48-37-39-49(40-38-48)57-31-10-13-34-62(57)73-63-35-14-11-32-58(63)60-41-42-61-59-33-12-15-36-64(59)74(66(61)65(60)73)69-71-67(50-23-8-3-9-24-50)70-68(72-69)56-30-18-27-53(45-56)47-21-6-2-7-22-47/h1-45H. The average molecular weight is 944 g/mol. The van der Waals surface area contributed by atoms with Crippen molar-refractivity contribution < 1.29 is 0 Å². The maximum absolute atomic E-state index is 5.44. The Morgan fingerprint density at radius 1 is 0.230 bits per heavy atom. The predicted octanol–water partition coefficient (Wildman–Crippen LogP) is 17.7. The molecule has 0 unspecified atom stereocenters. The van der Waals surface area contributed by atoms with E-state index in [0.717, 1.165) is 82.9 Å². The summed E-state index contributed by atoms with van der Waals surface area (Å²) < 4.78 is 4.73. The van der Waals surface area contributed by atoms with Crippen LogP contribution in [0.15, 0.2) is 273 Å². The summed E-state index contributed by atoms with van der Waals surface area (Å²) >= 11 is 0. The van der Waals surface area contributed by atoms with Crippen LogP contribution in [0.2, 0.25) is 0 Å². The lowest BCUT2D eigenvalue weighted by Gasteiger charge is -2.16. The molecule has 0 radical (unpaired) electrons. The van der Waals surface area contributed by atoms with Gasteiger partial charge < -0.3 is 4.57 Å².